The van der Waals surface area contributed by atoms with Crippen molar-refractivity contribution in [2.24, 2.45) is 0 Å². The number of nitrogens with one attached hydrogen (secondary N) is 1. The van der Waals surface area contributed by atoms with Crippen LogP contribution in [0.4, 0.5) is 5.69 Å². The molecule has 0 aliphatic carbocycles. The smallest absolute Gasteiger partial charge is 0.251 e. The summed E-state index contributed by atoms with van der Waals surface area (Å²) in [6.45, 7) is 2.63. The standard InChI is InChI=1S/C18H17BrN2O2/c1-12-5-7-15(8-6-12)21-10-9-16(18(21)23)20-17(22)13-3-2-4-14(19)11-13/h2-8,11,16H,9-10H2,1H3,(H,20,22)/t16-/m0/s1. The third-order valence-corrected chi connectivity index (χ3v) is 4.44. The highest BCUT2D eigenvalue weighted by Crippen LogP contribution is 2.22. The average molecular weight is 373 g/mol. The molecular formula is C18H17BrN2O2. The summed E-state index contributed by atoms with van der Waals surface area (Å²) >= 11 is 3.35. The molecular weight excluding hydrogens is 356 g/mol. The van der Waals surface area contributed by atoms with Crippen LogP contribution >= 0.6 is 15.9 Å². The SMILES string of the molecule is Cc1ccc(N2CC[C@H](NC(=O)c3cccc(Br)c3)C2=O)cc1. The van der Waals surface area contributed by atoms with Gasteiger partial charge in [0.1, 0.15) is 6.04 Å². The molecule has 0 radical (unpaired) electrons. The predicted octanol–water partition coefficient (Wildman–Crippen LogP) is 3.29. The summed E-state index contributed by atoms with van der Waals surface area (Å²) in [5, 5.41) is 2.83. The molecule has 118 valence electrons. The number of hydrogen-bond donors (Lipinski definition) is 1. The number of benzene rings is 2. The third kappa shape index (κ3) is 3.45. The summed E-state index contributed by atoms with van der Waals surface area (Å²) in [7, 11) is 0. The fourth-order valence-electron chi connectivity index (χ4n) is 2.67. The number of hydrogen-bond acceptors (Lipinski definition) is 2. The van der Waals surface area contributed by atoms with Crippen LogP contribution in [0, 0.1) is 6.92 Å². The number of halogens is 1. The van der Waals surface area contributed by atoms with Crippen LogP contribution in [0.25, 0.3) is 0 Å². The van der Waals surface area contributed by atoms with Crippen molar-refractivity contribution < 1.29 is 9.59 Å². The van der Waals surface area contributed by atoms with Crippen LogP contribution in [0.15, 0.2) is 53.0 Å². The summed E-state index contributed by atoms with van der Waals surface area (Å²) in [6.07, 6.45) is 0.618. The predicted molar refractivity (Wildman–Crippen MR) is 93.5 cm³/mol. The Labute approximate surface area is 143 Å². The molecule has 0 unspecified atom stereocenters. The molecule has 1 fully saturated rings. The van der Waals surface area contributed by atoms with Crippen molar-refractivity contribution >= 4 is 33.4 Å². The quantitative estimate of drug-likeness (QED) is 0.898. The van der Waals surface area contributed by atoms with Gasteiger partial charge in [-0.1, -0.05) is 39.7 Å². The van der Waals surface area contributed by atoms with Gasteiger partial charge in [-0.15, -0.1) is 0 Å². The zero-order chi connectivity index (χ0) is 16.4. The van der Waals surface area contributed by atoms with E-state index < -0.39 is 6.04 Å². The first-order valence-electron chi connectivity index (χ1n) is 7.49. The lowest BCUT2D eigenvalue weighted by atomic mass is 10.2. The number of carbonyl (C=O) groups excluding carboxylic acids is 2. The highest BCUT2D eigenvalue weighted by atomic mass is 79.9. The zero-order valence-electron chi connectivity index (χ0n) is 12.8. The third-order valence-electron chi connectivity index (χ3n) is 3.94. The first-order chi connectivity index (χ1) is 11.0. The molecule has 0 aromatic heterocycles. The van der Waals surface area contributed by atoms with Gasteiger partial charge in [-0.05, 0) is 43.7 Å². The van der Waals surface area contributed by atoms with Gasteiger partial charge in [-0.3, -0.25) is 9.59 Å². The van der Waals surface area contributed by atoms with E-state index in [0.717, 1.165) is 15.7 Å². The fourth-order valence-corrected chi connectivity index (χ4v) is 3.07. The van der Waals surface area contributed by atoms with E-state index in [4.69, 9.17) is 0 Å². The molecule has 1 N–H and O–H groups in total. The molecule has 1 aliphatic heterocycles. The molecule has 2 amide bonds. The highest BCUT2D eigenvalue weighted by molar-refractivity contribution is 9.10. The van der Waals surface area contributed by atoms with E-state index in [1.54, 1.807) is 23.1 Å². The Morgan fingerprint density at radius 2 is 1.96 bits per heavy atom. The van der Waals surface area contributed by atoms with Gasteiger partial charge in [-0.25, -0.2) is 0 Å². The Balaban J connectivity index is 1.69. The Bertz CT molecular complexity index is 743. The molecule has 4 nitrogen and oxygen atoms in total. The van der Waals surface area contributed by atoms with E-state index in [1.807, 2.05) is 37.3 Å². The van der Waals surface area contributed by atoms with Crippen LogP contribution in [0.5, 0.6) is 0 Å². The van der Waals surface area contributed by atoms with Crippen molar-refractivity contribution in [1.82, 2.24) is 5.32 Å². The molecule has 5 heteroatoms. The van der Waals surface area contributed by atoms with Crippen LogP contribution in [-0.4, -0.2) is 24.4 Å². The van der Waals surface area contributed by atoms with Crippen molar-refractivity contribution in [3.8, 4) is 0 Å². The maximum absolute atomic E-state index is 12.5. The number of amides is 2. The monoisotopic (exact) mass is 372 g/mol. The van der Waals surface area contributed by atoms with Gasteiger partial charge in [0, 0.05) is 22.3 Å². The van der Waals surface area contributed by atoms with Gasteiger partial charge in [0.05, 0.1) is 0 Å². The lowest BCUT2D eigenvalue weighted by Gasteiger charge is -2.17. The maximum Gasteiger partial charge on any atom is 0.251 e. The Morgan fingerprint density at radius 3 is 2.65 bits per heavy atom. The van der Waals surface area contributed by atoms with E-state index in [-0.39, 0.29) is 11.8 Å². The number of carbonyl (C=O) groups is 2. The van der Waals surface area contributed by atoms with Gasteiger partial charge in [-0.2, -0.15) is 0 Å². The normalized spacial score (nSPS) is 17.4. The summed E-state index contributed by atoms with van der Waals surface area (Å²) in [5.74, 6) is -0.285. The minimum atomic E-state index is -0.470. The second kappa shape index (κ2) is 6.54. The molecule has 2 aromatic rings. The maximum atomic E-state index is 12.5. The first kappa shape index (κ1) is 15.7. The molecule has 1 saturated heterocycles. The lowest BCUT2D eigenvalue weighted by Crippen LogP contribution is -2.41. The zero-order valence-corrected chi connectivity index (χ0v) is 14.3. The molecule has 0 saturated carbocycles. The first-order valence-corrected chi connectivity index (χ1v) is 8.28. The second-order valence-electron chi connectivity index (χ2n) is 5.65. The van der Waals surface area contributed by atoms with E-state index in [0.29, 0.717) is 18.5 Å². The lowest BCUT2D eigenvalue weighted by molar-refractivity contribution is -0.118. The van der Waals surface area contributed by atoms with Crippen molar-refractivity contribution in [3.63, 3.8) is 0 Å². The van der Waals surface area contributed by atoms with Gasteiger partial charge in [0.2, 0.25) is 5.91 Å². The van der Waals surface area contributed by atoms with E-state index in [9.17, 15) is 9.59 Å². The number of rotatable bonds is 3. The van der Waals surface area contributed by atoms with Crippen molar-refractivity contribution in [3.05, 3.63) is 64.1 Å². The Hall–Kier alpha value is -2.14. The molecule has 1 heterocycles. The topological polar surface area (TPSA) is 49.4 Å². The minimum absolute atomic E-state index is 0.0581. The average Bonchev–Trinajstić information content (AvgIpc) is 2.89. The molecule has 2 aromatic carbocycles. The van der Waals surface area contributed by atoms with Crippen LogP contribution in [0.3, 0.4) is 0 Å². The van der Waals surface area contributed by atoms with Crippen LogP contribution in [0.1, 0.15) is 22.3 Å². The van der Waals surface area contributed by atoms with E-state index in [1.165, 1.54) is 0 Å². The van der Waals surface area contributed by atoms with Gasteiger partial charge in [0.25, 0.3) is 5.91 Å². The Kier molecular flexibility index (Phi) is 4.48. The molecule has 0 spiro atoms. The summed E-state index contributed by atoms with van der Waals surface area (Å²) < 4.78 is 0.837. The number of nitrogens with zero attached hydrogens (tertiary/aromatic N) is 1. The molecule has 3 rings (SSSR count). The van der Waals surface area contributed by atoms with Crippen molar-refractivity contribution in [2.75, 3.05) is 11.4 Å². The molecule has 1 atom stereocenters. The Morgan fingerprint density at radius 1 is 1.22 bits per heavy atom. The van der Waals surface area contributed by atoms with Crippen LogP contribution in [-0.2, 0) is 4.79 Å². The number of aryl methyl sites for hydroxylation is 1. The summed E-state index contributed by atoms with van der Waals surface area (Å²) in [6, 6.07) is 14.5. The number of anilines is 1. The van der Waals surface area contributed by atoms with Crippen LogP contribution < -0.4 is 10.2 Å². The highest BCUT2D eigenvalue weighted by Gasteiger charge is 2.33. The van der Waals surface area contributed by atoms with Crippen molar-refractivity contribution in [2.45, 2.75) is 19.4 Å². The summed E-state index contributed by atoms with van der Waals surface area (Å²) in [5.41, 5.74) is 2.57. The van der Waals surface area contributed by atoms with E-state index in [2.05, 4.69) is 21.2 Å². The largest absolute Gasteiger partial charge is 0.340 e. The van der Waals surface area contributed by atoms with Gasteiger partial charge in [0.15, 0.2) is 0 Å². The fraction of sp³-hybridized carbons (Fsp3) is 0.222. The van der Waals surface area contributed by atoms with Crippen LogP contribution in [0.2, 0.25) is 0 Å². The molecule has 1 aliphatic rings. The summed E-state index contributed by atoms with van der Waals surface area (Å²) in [4.78, 5) is 26.5. The van der Waals surface area contributed by atoms with Crippen molar-refractivity contribution in [1.29, 1.82) is 0 Å². The van der Waals surface area contributed by atoms with Gasteiger partial charge >= 0.3 is 0 Å². The minimum Gasteiger partial charge on any atom is -0.340 e. The molecule has 0 bridgehead atoms. The van der Waals surface area contributed by atoms with Gasteiger partial charge < -0.3 is 10.2 Å². The van der Waals surface area contributed by atoms with E-state index >= 15 is 0 Å². The molecule has 23 heavy (non-hydrogen) atoms. The second-order valence-corrected chi connectivity index (χ2v) is 6.57.